The molecule has 13 heavy (non-hydrogen) atoms. The summed E-state index contributed by atoms with van der Waals surface area (Å²) in [6.45, 7) is 4.11. The molecule has 5 heteroatoms. The Kier molecular flexibility index (Phi) is 3.72. The van der Waals surface area contributed by atoms with Gasteiger partial charge in [-0.1, -0.05) is 0 Å². The first-order valence-corrected chi connectivity index (χ1v) is 3.95. The maximum Gasteiger partial charge on any atom is 0.373 e. The molecule has 0 bridgehead atoms. The monoisotopic (exact) mass is 188 g/mol. The van der Waals surface area contributed by atoms with E-state index in [9.17, 15) is 4.79 Å². The summed E-state index contributed by atoms with van der Waals surface area (Å²) < 4.78 is 14.3. The second-order valence-corrected chi connectivity index (χ2v) is 2.55. The molecular formula is C8H12O5. The number of aliphatic hydroxyl groups excluding tert-OH is 1. The van der Waals surface area contributed by atoms with Gasteiger partial charge in [-0.05, 0) is 6.58 Å². The molecule has 74 valence electrons. The molecule has 1 saturated heterocycles. The van der Waals surface area contributed by atoms with Crippen LogP contribution in [0.1, 0.15) is 0 Å². The van der Waals surface area contributed by atoms with Gasteiger partial charge in [-0.3, -0.25) is 0 Å². The number of hydrogen-bond acceptors (Lipinski definition) is 5. The van der Waals surface area contributed by atoms with E-state index >= 15 is 0 Å². The van der Waals surface area contributed by atoms with Crippen LogP contribution in [0.3, 0.4) is 0 Å². The van der Waals surface area contributed by atoms with E-state index in [0.717, 1.165) is 0 Å². The van der Waals surface area contributed by atoms with Crippen LogP contribution < -0.4 is 0 Å². The minimum atomic E-state index is -0.607. The van der Waals surface area contributed by atoms with Gasteiger partial charge in [0.1, 0.15) is 19.3 Å². The second-order valence-electron chi connectivity index (χ2n) is 2.55. The highest BCUT2D eigenvalue weighted by Crippen LogP contribution is 2.09. The molecule has 0 radical (unpaired) electrons. The zero-order valence-electron chi connectivity index (χ0n) is 7.19. The average molecular weight is 188 g/mol. The molecule has 0 aromatic heterocycles. The van der Waals surface area contributed by atoms with Crippen LogP contribution in [0.2, 0.25) is 0 Å². The highest BCUT2D eigenvalue weighted by atomic mass is 16.6. The zero-order valence-corrected chi connectivity index (χ0v) is 7.19. The molecule has 1 aliphatic heterocycles. The van der Waals surface area contributed by atoms with Gasteiger partial charge in [0.15, 0.2) is 5.76 Å². The summed E-state index contributed by atoms with van der Waals surface area (Å²) in [5.41, 5.74) is 0. The smallest absolute Gasteiger partial charge is 0.373 e. The summed E-state index contributed by atoms with van der Waals surface area (Å²) in [7, 11) is 0. The lowest BCUT2D eigenvalue weighted by molar-refractivity contribution is -0.143. The van der Waals surface area contributed by atoms with E-state index in [1.54, 1.807) is 0 Å². The summed E-state index contributed by atoms with van der Waals surface area (Å²) >= 11 is 0. The van der Waals surface area contributed by atoms with Crippen molar-refractivity contribution in [3.8, 4) is 0 Å². The maximum absolute atomic E-state index is 11.0. The topological polar surface area (TPSA) is 68.3 Å². The molecule has 1 fully saturated rings. The van der Waals surface area contributed by atoms with E-state index in [1.807, 2.05) is 0 Å². The fourth-order valence-corrected chi connectivity index (χ4v) is 0.641. The Bertz CT molecular complexity index is 197. The Morgan fingerprint density at radius 1 is 1.62 bits per heavy atom. The number of aliphatic hydroxyl groups is 1. The van der Waals surface area contributed by atoms with Crippen LogP contribution in [0, 0.1) is 0 Å². The van der Waals surface area contributed by atoms with Gasteiger partial charge in [-0.2, -0.15) is 0 Å². The summed E-state index contributed by atoms with van der Waals surface area (Å²) in [6, 6.07) is 0. The highest BCUT2D eigenvalue weighted by molar-refractivity contribution is 5.85. The van der Waals surface area contributed by atoms with Crippen LogP contribution in [0.4, 0.5) is 0 Å². The maximum atomic E-state index is 11.0. The minimum Gasteiger partial charge on any atom is -0.485 e. The van der Waals surface area contributed by atoms with E-state index in [-0.39, 0.29) is 31.7 Å². The summed E-state index contributed by atoms with van der Waals surface area (Å²) in [5, 5.41) is 8.39. The highest BCUT2D eigenvalue weighted by Gasteiger charge is 2.24. The van der Waals surface area contributed by atoms with Gasteiger partial charge in [0, 0.05) is 0 Å². The van der Waals surface area contributed by atoms with Crippen molar-refractivity contribution < 1.29 is 24.1 Å². The molecule has 1 rings (SSSR count). The van der Waals surface area contributed by atoms with Gasteiger partial charge >= 0.3 is 5.97 Å². The molecule has 1 unspecified atom stereocenters. The Morgan fingerprint density at radius 2 is 2.31 bits per heavy atom. The number of hydrogen-bond donors (Lipinski definition) is 1. The van der Waals surface area contributed by atoms with Gasteiger partial charge in [0.05, 0.1) is 13.2 Å². The summed E-state index contributed by atoms with van der Waals surface area (Å²) in [6.07, 6.45) is 0.0367. The van der Waals surface area contributed by atoms with Gasteiger partial charge < -0.3 is 19.3 Å². The molecule has 1 aliphatic rings. The van der Waals surface area contributed by atoms with Crippen LogP contribution in [0.15, 0.2) is 12.3 Å². The first kappa shape index (κ1) is 10.0. The molecule has 1 atom stereocenters. The second kappa shape index (κ2) is 4.84. The average Bonchev–Trinajstić information content (AvgIpc) is 2.93. The van der Waals surface area contributed by atoms with Crippen molar-refractivity contribution in [1.29, 1.82) is 0 Å². The molecule has 0 spiro atoms. The first-order chi connectivity index (χ1) is 6.24. The number of esters is 1. The lowest BCUT2D eigenvalue weighted by Gasteiger charge is -2.06. The van der Waals surface area contributed by atoms with Crippen LogP contribution in [0.5, 0.6) is 0 Å². The molecule has 1 heterocycles. The van der Waals surface area contributed by atoms with Crippen molar-refractivity contribution in [2.45, 2.75) is 6.10 Å². The van der Waals surface area contributed by atoms with Crippen molar-refractivity contribution in [2.75, 3.05) is 26.4 Å². The van der Waals surface area contributed by atoms with Crippen LogP contribution in [-0.2, 0) is 19.0 Å². The largest absolute Gasteiger partial charge is 0.485 e. The van der Waals surface area contributed by atoms with E-state index in [4.69, 9.17) is 19.3 Å². The van der Waals surface area contributed by atoms with Gasteiger partial charge in [0.25, 0.3) is 0 Å². The molecule has 5 nitrogen and oxygen atoms in total. The molecule has 0 aliphatic carbocycles. The Hall–Kier alpha value is -1.07. The van der Waals surface area contributed by atoms with Crippen molar-refractivity contribution in [1.82, 2.24) is 0 Å². The lowest BCUT2D eigenvalue weighted by atomic mass is 10.5. The van der Waals surface area contributed by atoms with Crippen molar-refractivity contribution in [3.05, 3.63) is 12.3 Å². The summed E-state index contributed by atoms with van der Waals surface area (Å²) in [5.74, 6) is -0.696. The third-order valence-electron chi connectivity index (χ3n) is 1.40. The normalized spacial score (nSPS) is 19.3. The zero-order chi connectivity index (χ0) is 9.68. The number of rotatable bonds is 6. The number of carbonyl (C=O) groups excluding carboxylic acids is 1. The number of ether oxygens (including phenoxy) is 3. The predicted octanol–water partition coefficient (Wildman–Crippen LogP) is -0.549. The molecule has 1 N–H and O–H groups in total. The van der Waals surface area contributed by atoms with E-state index in [0.29, 0.717) is 6.61 Å². The van der Waals surface area contributed by atoms with Crippen molar-refractivity contribution in [3.63, 3.8) is 0 Å². The molecule has 0 amide bonds. The van der Waals surface area contributed by atoms with Crippen molar-refractivity contribution in [2.24, 2.45) is 0 Å². The standard InChI is InChI=1S/C8H12O5/c1-6(11-3-2-9)8(10)13-5-7-4-12-7/h7,9H,1-5H2. The SMILES string of the molecule is C=C(OCCO)C(=O)OCC1CO1. The predicted molar refractivity (Wildman–Crippen MR) is 42.9 cm³/mol. The molecule has 0 saturated carbocycles. The van der Waals surface area contributed by atoms with Gasteiger partial charge in [-0.25, -0.2) is 4.79 Å². The van der Waals surface area contributed by atoms with Crippen LogP contribution in [0.25, 0.3) is 0 Å². The molecule has 0 aromatic rings. The molecule has 0 aromatic carbocycles. The van der Waals surface area contributed by atoms with E-state index in [1.165, 1.54) is 0 Å². The van der Waals surface area contributed by atoms with Gasteiger partial charge in [-0.15, -0.1) is 0 Å². The van der Waals surface area contributed by atoms with Crippen LogP contribution in [-0.4, -0.2) is 43.6 Å². The fraction of sp³-hybridized carbons (Fsp3) is 0.625. The molecular weight excluding hydrogens is 176 g/mol. The van der Waals surface area contributed by atoms with Gasteiger partial charge in [0.2, 0.25) is 0 Å². The number of epoxide rings is 1. The quantitative estimate of drug-likeness (QED) is 0.262. The number of carbonyl (C=O) groups is 1. The third kappa shape index (κ3) is 3.91. The van der Waals surface area contributed by atoms with E-state index < -0.39 is 5.97 Å². The fourth-order valence-electron chi connectivity index (χ4n) is 0.641. The van der Waals surface area contributed by atoms with Crippen LogP contribution >= 0.6 is 0 Å². The van der Waals surface area contributed by atoms with E-state index in [2.05, 4.69) is 6.58 Å². The lowest BCUT2D eigenvalue weighted by Crippen LogP contribution is -2.14. The first-order valence-electron chi connectivity index (χ1n) is 3.95. The Labute approximate surface area is 75.9 Å². The minimum absolute atomic E-state index is 0.0367. The Balaban J connectivity index is 2.09. The Morgan fingerprint density at radius 3 is 2.85 bits per heavy atom. The third-order valence-corrected chi connectivity index (χ3v) is 1.40. The van der Waals surface area contributed by atoms with Crippen molar-refractivity contribution >= 4 is 5.97 Å². The summed E-state index contributed by atoms with van der Waals surface area (Å²) in [4.78, 5) is 11.0.